The molecule has 2 N–H and O–H groups in total. The van der Waals surface area contributed by atoms with Crippen LogP contribution in [-0.4, -0.2) is 61.9 Å². The Morgan fingerprint density at radius 1 is 1.69 bits per heavy atom. The van der Waals surface area contributed by atoms with Crippen LogP contribution in [0.25, 0.3) is 0 Å². The Morgan fingerprint density at radius 3 is 3.00 bits per heavy atom. The average molecular weight is 230 g/mol. The number of carboxylic acid groups (broad SMARTS) is 1. The third-order valence-electron chi connectivity index (χ3n) is 2.96. The molecular formula is C11H22N2O3. The van der Waals surface area contributed by atoms with Crippen LogP contribution in [0.2, 0.25) is 0 Å². The van der Waals surface area contributed by atoms with E-state index in [1.165, 1.54) is 0 Å². The zero-order valence-electron chi connectivity index (χ0n) is 10.1. The number of carbonyl (C=O) groups is 1. The van der Waals surface area contributed by atoms with Crippen LogP contribution in [0, 0.1) is 5.92 Å². The van der Waals surface area contributed by atoms with Crippen molar-refractivity contribution in [3.05, 3.63) is 0 Å². The first-order chi connectivity index (χ1) is 7.67. The summed E-state index contributed by atoms with van der Waals surface area (Å²) in [6.45, 7) is 5.89. The molecule has 0 bridgehead atoms. The molecule has 0 aromatic rings. The van der Waals surface area contributed by atoms with Crippen molar-refractivity contribution in [1.29, 1.82) is 0 Å². The Kier molecular flexibility index (Phi) is 5.73. The zero-order chi connectivity index (χ0) is 12.0. The molecule has 16 heavy (non-hydrogen) atoms. The van der Waals surface area contributed by atoms with Gasteiger partial charge in [0.1, 0.15) is 6.04 Å². The van der Waals surface area contributed by atoms with Gasteiger partial charge in [-0.1, -0.05) is 6.92 Å². The number of rotatable bonds is 7. The van der Waals surface area contributed by atoms with E-state index in [4.69, 9.17) is 9.84 Å². The molecule has 0 saturated carbocycles. The number of likely N-dealkylation sites (tertiary alicyclic amines) is 1. The van der Waals surface area contributed by atoms with Gasteiger partial charge in [0.15, 0.2) is 0 Å². The van der Waals surface area contributed by atoms with Gasteiger partial charge in [-0.05, 0) is 25.4 Å². The summed E-state index contributed by atoms with van der Waals surface area (Å²) in [5, 5.41) is 12.0. The molecule has 1 heterocycles. The number of nitrogens with one attached hydrogen (secondary N) is 1. The van der Waals surface area contributed by atoms with E-state index < -0.39 is 12.0 Å². The van der Waals surface area contributed by atoms with Crippen LogP contribution in [0.15, 0.2) is 0 Å². The maximum absolute atomic E-state index is 11.0. The summed E-state index contributed by atoms with van der Waals surface area (Å²) in [5.74, 6) is -0.210. The molecular weight excluding hydrogens is 208 g/mol. The van der Waals surface area contributed by atoms with E-state index in [-0.39, 0.29) is 0 Å². The molecule has 2 atom stereocenters. The van der Waals surface area contributed by atoms with Gasteiger partial charge < -0.3 is 20.1 Å². The number of likely N-dealkylation sites (N-methyl/N-ethyl adjacent to an activating group) is 1. The van der Waals surface area contributed by atoms with Crippen LogP contribution in [0.4, 0.5) is 0 Å². The van der Waals surface area contributed by atoms with Gasteiger partial charge in [-0.2, -0.15) is 0 Å². The zero-order valence-corrected chi connectivity index (χ0v) is 10.1. The Labute approximate surface area is 96.8 Å². The molecule has 0 radical (unpaired) electrons. The smallest absolute Gasteiger partial charge is 0.322 e. The summed E-state index contributed by atoms with van der Waals surface area (Å²) in [4.78, 5) is 13.2. The van der Waals surface area contributed by atoms with Crippen molar-refractivity contribution in [3.63, 3.8) is 0 Å². The van der Waals surface area contributed by atoms with E-state index in [9.17, 15) is 4.79 Å². The second-order valence-corrected chi connectivity index (χ2v) is 4.32. The molecule has 0 aliphatic carbocycles. The minimum absolute atomic E-state index is 0.453. The first kappa shape index (κ1) is 13.4. The Bertz CT molecular complexity index is 223. The van der Waals surface area contributed by atoms with Crippen molar-refractivity contribution >= 4 is 5.97 Å². The highest BCUT2D eigenvalue weighted by molar-refractivity contribution is 5.73. The predicted octanol–water partition coefficient (Wildman–Crippen LogP) is 0.0174. The molecule has 1 saturated heterocycles. The summed E-state index contributed by atoms with van der Waals surface area (Å²) in [6, 6.07) is -0.453. The van der Waals surface area contributed by atoms with Gasteiger partial charge in [0.2, 0.25) is 0 Å². The maximum Gasteiger partial charge on any atom is 0.322 e. The van der Waals surface area contributed by atoms with Crippen LogP contribution in [0.1, 0.15) is 13.3 Å². The molecule has 1 fully saturated rings. The highest BCUT2D eigenvalue weighted by atomic mass is 16.5. The first-order valence-electron chi connectivity index (χ1n) is 5.84. The minimum atomic E-state index is -0.767. The van der Waals surface area contributed by atoms with Gasteiger partial charge in [0.05, 0.1) is 6.61 Å². The third kappa shape index (κ3) is 4.08. The van der Waals surface area contributed by atoms with E-state index in [1.54, 1.807) is 7.11 Å². The van der Waals surface area contributed by atoms with Gasteiger partial charge in [0, 0.05) is 20.2 Å². The molecule has 0 spiro atoms. The fourth-order valence-electron chi connectivity index (χ4n) is 2.18. The summed E-state index contributed by atoms with van der Waals surface area (Å²) < 4.78 is 5.12. The molecule has 94 valence electrons. The van der Waals surface area contributed by atoms with Crippen molar-refractivity contribution in [1.82, 2.24) is 10.2 Å². The van der Waals surface area contributed by atoms with Gasteiger partial charge in [-0.15, -0.1) is 0 Å². The van der Waals surface area contributed by atoms with E-state index in [1.807, 2.05) is 6.92 Å². The largest absolute Gasteiger partial charge is 0.480 e. The maximum atomic E-state index is 11.0. The van der Waals surface area contributed by atoms with Crippen molar-refractivity contribution in [2.75, 3.05) is 39.9 Å². The topological polar surface area (TPSA) is 61.8 Å². The molecule has 2 unspecified atom stereocenters. The molecule has 1 aliphatic heterocycles. The van der Waals surface area contributed by atoms with E-state index in [0.29, 0.717) is 19.0 Å². The average Bonchev–Trinajstić information content (AvgIpc) is 2.65. The number of hydrogen-bond donors (Lipinski definition) is 2. The van der Waals surface area contributed by atoms with Crippen molar-refractivity contribution in [2.24, 2.45) is 5.92 Å². The lowest BCUT2D eigenvalue weighted by atomic mass is 10.1. The van der Waals surface area contributed by atoms with E-state index in [0.717, 1.165) is 26.1 Å². The molecule has 5 heteroatoms. The molecule has 0 aromatic heterocycles. The van der Waals surface area contributed by atoms with Gasteiger partial charge in [-0.3, -0.25) is 4.79 Å². The van der Waals surface area contributed by atoms with Crippen LogP contribution >= 0.6 is 0 Å². The lowest BCUT2D eigenvalue weighted by Crippen LogP contribution is -2.45. The van der Waals surface area contributed by atoms with E-state index in [2.05, 4.69) is 10.2 Å². The summed E-state index contributed by atoms with van der Waals surface area (Å²) in [5.41, 5.74) is 0. The van der Waals surface area contributed by atoms with Crippen LogP contribution < -0.4 is 5.32 Å². The minimum Gasteiger partial charge on any atom is -0.480 e. The molecule has 5 nitrogen and oxygen atoms in total. The van der Waals surface area contributed by atoms with Crippen molar-refractivity contribution < 1.29 is 14.6 Å². The number of ether oxygens (including phenoxy) is 1. The fourth-order valence-corrected chi connectivity index (χ4v) is 2.18. The molecule has 0 aromatic carbocycles. The molecule has 0 amide bonds. The van der Waals surface area contributed by atoms with Crippen LogP contribution in [0.5, 0.6) is 0 Å². The number of nitrogens with zero attached hydrogens (tertiary/aromatic N) is 1. The highest BCUT2D eigenvalue weighted by Crippen LogP contribution is 2.16. The second kappa shape index (κ2) is 6.83. The van der Waals surface area contributed by atoms with Gasteiger partial charge in [0.25, 0.3) is 0 Å². The number of carboxylic acids is 1. The van der Waals surface area contributed by atoms with Gasteiger partial charge in [-0.25, -0.2) is 0 Å². The lowest BCUT2D eigenvalue weighted by molar-refractivity contribution is -0.139. The van der Waals surface area contributed by atoms with E-state index >= 15 is 0 Å². The SMILES string of the molecule is CCNC(CN1CCC(COC)C1)C(=O)O. The lowest BCUT2D eigenvalue weighted by Gasteiger charge is -2.21. The Morgan fingerprint density at radius 2 is 2.44 bits per heavy atom. The number of hydrogen-bond acceptors (Lipinski definition) is 4. The third-order valence-corrected chi connectivity index (χ3v) is 2.96. The standard InChI is InChI=1S/C11H22N2O3/c1-3-12-10(11(14)15)7-13-5-4-9(6-13)8-16-2/h9-10,12H,3-8H2,1-2H3,(H,14,15). The second-order valence-electron chi connectivity index (χ2n) is 4.32. The Balaban J connectivity index is 2.33. The van der Waals surface area contributed by atoms with Crippen LogP contribution in [-0.2, 0) is 9.53 Å². The fraction of sp³-hybridized carbons (Fsp3) is 0.909. The molecule has 1 rings (SSSR count). The summed E-state index contributed by atoms with van der Waals surface area (Å²) >= 11 is 0. The number of methoxy groups -OCH3 is 1. The molecule has 1 aliphatic rings. The Hall–Kier alpha value is -0.650. The quantitative estimate of drug-likeness (QED) is 0.645. The van der Waals surface area contributed by atoms with Gasteiger partial charge >= 0.3 is 5.97 Å². The highest BCUT2D eigenvalue weighted by Gasteiger charge is 2.26. The van der Waals surface area contributed by atoms with Crippen molar-refractivity contribution in [3.8, 4) is 0 Å². The first-order valence-corrected chi connectivity index (χ1v) is 5.84. The monoisotopic (exact) mass is 230 g/mol. The predicted molar refractivity (Wildman–Crippen MR) is 61.5 cm³/mol. The summed E-state index contributed by atoms with van der Waals surface area (Å²) in [7, 11) is 1.71. The normalized spacial score (nSPS) is 23.5. The summed E-state index contributed by atoms with van der Waals surface area (Å²) in [6.07, 6.45) is 1.10. The number of aliphatic carboxylic acids is 1. The van der Waals surface area contributed by atoms with Crippen molar-refractivity contribution in [2.45, 2.75) is 19.4 Å². The van der Waals surface area contributed by atoms with Crippen LogP contribution in [0.3, 0.4) is 0 Å².